The molecule has 166 valence electrons. The van der Waals surface area contributed by atoms with Crippen LogP contribution in [0.25, 0.3) is 0 Å². The fourth-order valence-electron chi connectivity index (χ4n) is 2.60. The van der Waals surface area contributed by atoms with Crippen molar-refractivity contribution in [2.45, 2.75) is 78.5 Å². The van der Waals surface area contributed by atoms with E-state index in [1.807, 2.05) is 38.7 Å². The second-order valence-corrected chi connectivity index (χ2v) is 8.40. The number of rotatable bonds is 8. The number of nitrogens with one attached hydrogen (secondary N) is 2. The van der Waals surface area contributed by atoms with Gasteiger partial charge in [-0.1, -0.05) is 19.0 Å². The largest absolute Gasteiger partial charge is 0.444 e. The summed E-state index contributed by atoms with van der Waals surface area (Å²) in [6.45, 7) is 14.2. The molecular formula is C20H36IN5O3. The van der Waals surface area contributed by atoms with Crippen LogP contribution < -0.4 is 10.6 Å². The van der Waals surface area contributed by atoms with E-state index in [2.05, 4.69) is 34.6 Å². The van der Waals surface area contributed by atoms with Gasteiger partial charge in [-0.3, -0.25) is 0 Å². The predicted octanol–water partition coefficient (Wildman–Crippen LogP) is 3.87. The van der Waals surface area contributed by atoms with Crippen molar-refractivity contribution in [3.8, 4) is 0 Å². The van der Waals surface area contributed by atoms with E-state index in [4.69, 9.17) is 9.26 Å². The maximum atomic E-state index is 12.4. The van der Waals surface area contributed by atoms with Crippen molar-refractivity contribution in [3.63, 3.8) is 0 Å². The maximum Gasteiger partial charge on any atom is 0.410 e. The Labute approximate surface area is 191 Å². The Balaban J connectivity index is 0.00000420. The molecule has 1 aliphatic rings. The first-order valence-corrected chi connectivity index (χ1v) is 10.2. The summed E-state index contributed by atoms with van der Waals surface area (Å²) < 4.78 is 10.9. The molecule has 0 saturated heterocycles. The molecule has 0 bridgehead atoms. The predicted molar refractivity (Wildman–Crippen MR) is 125 cm³/mol. The molecule has 0 spiro atoms. The molecule has 0 atom stereocenters. The van der Waals surface area contributed by atoms with Crippen molar-refractivity contribution in [1.82, 2.24) is 20.7 Å². The first-order chi connectivity index (χ1) is 13.2. The molecule has 1 saturated carbocycles. The lowest BCUT2D eigenvalue weighted by atomic mass is 10.1. The lowest BCUT2D eigenvalue weighted by Crippen LogP contribution is -2.45. The van der Waals surface area contributed by atoms with Gasteiger partial charge >= 0.3 is 6.09 Å². The Morgan fingerprint density at radius 2 is 2.07 bits per heavy atom. The summed E-state index contributed by atoms with van der Waals surface area (Å²) in [4.78, 5) is 18.8. The number of aliphatic imine (C=N–C) groups is 1. The summed E-state index contributed by atoms with van der Waals surface area (Å²) in [7, 11) is 0. The van der Waals surface area contributed by atoms with E-state index in [1.54, 1.807) is 0 Å². The van der Waals surface area contributed by atoms with E-state index in [-0.39, 0.29) is 30.1 Å². The van der Waals surface area contributed by atoms with Crippen LogP contribution in [0.5, 0.6) is 0 Å². The van der Waals surface area contributed by atoms with Crippen LogP contribution in [-0.4, -0.2) is 53.4 Å². The van der Waals surface area contributed by atoms with Crippen molar-refractivity contribution in [3.05, 3.63) is 17.5 Å². The third-order valence-electron chi connectivity index (χ3n) is 4.17. The minimum absolute atomic E-state index is 0. The molecule has 9 heteroatoms. The first-order valence-electron chi connectivity index (χ1n) is 10.2. The van der Waals surface area contributed by atoms with Gasteiger partial charge in [0.1, 0.15) is 12.1 Å². The normalized spacial score (nSPS) is 14.4. The van der Waals surface area contributed by atoms with Gasteiger partial charge in [0.05, 0.1) is 5.69 Å². The molecule has 2 rings (SSSR count). The summed E-state index contributed by atoms with van der Waals surface area (Å²) in [5.41, 5.74) is 0.445. The zero-order chi connectivity index (χ0) is 20.7. The summed E-state index contributed by atoms with van der Waals surface area (Å²) in [5, 5.41) is 10.5. The van der Waals surface area contributed by atoms with Gasteiger partial charge in [0.2, 0.25) is 0 Å². The Bertz CT molecular complexity index is 665. The number of hydrogen-bond acceptors (Lipinski definition) is 5. The van der Waals surface area contributed by atoms with E-state index < -0.39 is 5.60 Å². The smallest absolute Gasteiger partial charge is 0.410 e. The van der Waals surface area contributed by atoms with E-state index >= 15 is 0 Å². The Hall–Kier alpha value is -1.52. The number of amides is 1. The van der Waals surface area contributed by atoms with Crippen LogP contribution in [-0.2, 0) is 11.3 Å². The van der Waals surface area contributed by atoms with Gasteiger partial charge in [-0.2, -0.15) is 0 Å². The lowest BCUT2D eigenvalue weighted by molar-refractivity contribution is 0.0238. The van der Waals surface area contributed by atoms with Crippen molar-refractivity contribution in [2.24, 2.45) is 4.99 Å². The molecule has 2 N–H and O–H groups in total. The molecule has 1 aliphatic carbocycles. The maximum absolute atomic E-state index is 12.4. The van der Waals surface area contributed by atoms with E-state index in [0.717, 1.165) is 30.8 Å². The van der Waals surface area contributed by atoms with E-state index in [9.17, 15) is 4.79 Å². The summed E-state index contributed by atoms with van der Waals surface area (Å²) in [5.74, 6) is 1.74. The van der Waals surface area contributed by atoms with Gasteiger partial charge < -0.3 is 24.8 Å². The average Bonchev–Trinajstić information content (AvgIpc) is 3.30. The van der Waals surface area contributed by atoms with Gasteiger partial charge in [0.25, 0.3) is 0 Å². The molecule has 8 nitrogen and oxygen atoms in total. The van der Waals surface area contributed by atoms with Gasteiger partial charge in [-0.15, -0.1) is 24.0 Å². The van der Waals surface area contributed by atoms with Crippen molar-refractivity contribution >= 4 is 36.0 Å². The fraction of sp³-hybridized carbons (Fsp3) is 0.750. The third-order valence-corrected chi connectivity index (χ3v) is 4.17. The number of aromatic nitrogens is 1. The molecule has 0 aliphatic heterocycles. The quantitative estimate of drug-likeness (QED) is 0.307. The summed E-state index contributed by atoms with van der Waals surface area (Å²) in [6, 6.07) is 2.23. The molecule has 29 heavy (non-hydrogen) atoms. The van der Waals surface area contributed by atoms with Gasteiger partial charge in [-0.25, -0.2) is 9.79 Å². The van der Waals surface area contributed by atoms with Crippen LogP contribution >= 0.6 is 24.0 Å². The zero-order valence-electron chi connectivity index (χ0n) is 18.4. The average molecular weight is 521 g/mol. The Morgan fingerprint density at radius 1 is 1.38 bits per heavy atom. The highest BCUT2D eigenvalue weighted by Crippen LogP contribution is 2.28. The van der Waals surface area contributed by atoms with Crippen LogP contribution in [0.2, 0.25) is 0 Å². The van der Waals surface area contributed by atoms with Crippen LogP contribution in [0.15, 0.2) is 15.6 Å². The van der Waals surface area contributed by atoms with Crippen molar-refractivity contribution < 1.29 is 14.1 Å². The SMILES string of the molecule is CCNC(=NCc1cc(C(C)C)no1)NCCN(C(=O)OC(C)(C)C)C1CC1.I. The molecule has 1 amide bonds. The first kappa shape index (κ1) is 25.5. The van der Waals surface area contributed by atoms with Gasteiger partial charge in [0, 0.05) is 31.7 Å². The number of carbonyl (C=O) groups is 1. The number of ether oxygens (including phenoxy) is 1. The van der Waals surface area contributed by atoms with Gasteiger partial charge in [0.15, 0.2) is 11.7 Å². The van der Waals surface area contributed by atoms with Crippen LogP contribution in [0.4, 0.5) is 4.79 Å². The number of nitrogens with zero attached hydrogens (tertiary/aromatic N) is 3. The molecule has 1 aromatic heterocycles. The summed E-state index contributed by atoms with van der Waals surface area (Å²) in [6.07, 6.45) is 1.83. The van der Waals surface area contributed by atoms with Crippen molar-refractivity contribution in [2.75, 3.05) is 19.6 Å². The highest BCUT2D eigenvalue weighted by molar-refractivity contribution is 14.0. The van der Waals surface area contributed by atoms with E-state index in [0.29, 0.717) is 37.6 Å². The standard InChI is InChI=1S/C20H35N5O3.HI/c1-7-21-18(23-13-16-12-17(14(2)3)24-28-16)22-10-11-25(15-8-9-15)19(26)27-20(4,5)6;/h12,14-15H,7-11,13H2,1-6H3,(H2,21,22,23);1H. The number of guanidine groups is 1. The molecule has 1 fully saturated rings. The second-order valence-electron chi connectivity index (χ2n) is 8.40. The second kappa shape index (κ2) is 11.6. The molecule has 0 unspecified atom stereocenters. The van der Waals surface area contributed by atoms with Crippen LogP contribution in [0.3, 0.4) is 0 Å². The number of hydrogen-bond donors (Lipinski definition) is 2. The fourth-order valence-corrected chi connectivity index (χ4v) is 2.60. The number of carbonyl (C=O) groups excluding carboxylic acids is 1. The molecule has 0 radical (unpaired) electrons. The van der Waals surface area contributed by atoms with Crippen LogP contribution in [0.1, 0.15) is 71.8 Å². The lowest BCUT2D eigenvalue weighted by Gasteiger charge is -2.27. The van der Waals surface area contributed by atoms with E-state index in [1.165, 1.54) is 0 Å². The Kier molecular flexibility index (Phi) is 10.2. The third kappa shape index (κ3) is 9.22. The highest BCUT2D eigenvalue weighted by Gasteiger charge is 2.34. The zero-order valence-corrected chi connectivity index (χ0v) is 20.8. The number of halogens is 1. The molecule has 1 heterocycles. The van der Waals surface area contributed by atoms with Gasteiger partial charge in [-0.05, 0) is 46.5 Å². The van der Waals surface area contributed by atoms with Crippen LogP contribution in [0, 0.1) is 0 Å². The molecule has 0 aromatic carbocycles. The summed E-state index contributed by atoms with van der Waals surface area (Å²) >= 11 is 0. The minimum Gasteiger partial charge on any atom is -0.444 e. The van der Waals surface area contributed by atoms with Crippen molar-refractivity contribution in [1.29, 1.82) is 0 Å². The molecule has 1 aromatic rings. The topological polar surface area (TPSA) is 92.0 Å². The minimum atomic E-state index is -0.486. The Morgan fingerprint density at radius 3 is 2.59 bits per heavy atom. The highest BCUT2D eigenvalue weighted by atomic mass is 127. The monoisotopic (exact) mass is 521 g/mol. The molecular weight excluding hydrogens is 485 g/mol.